The first-order valence-electron chi connectivity index (χ1n) is 10.1. The molecule has 2 aromatic rings. The summed E-state index contributed by atoms with van der Waals surface area (Å²) in [6, 6.07) is 19.5. The van der Waals surface area contributed by atoms with Crippen molar-refractivity contribution in [3.05, 3.63) is 71.8 Å². The summed E-state index contributed by atoms with van der Waals surface area (Å²) in [5.41, 5.74) is 2.10. The van der Waals surface area contributed by atoms with Gasteiger partial charge in [0.25, 0.3) is 0 Å². The minimum absolute atomic E-state index is 0.312. The van der Waals surface area contributed by atoms with Crippen molar-refractivity contribution in [1.82, 2.24) is 0 Å². The van der Waals surface area contributed by atoms with Gasteiger partial charge in [0.15, 0.2) is 12.2 Å². The Morgan fingerprint density at radius 2 is 1.00 bits per heavy atom. The van der Waals surface area contributed by atoms with Crippen LogP contribution < -0.4 is 0 Å². The molecule has 6 heteroatoms. The van der Waals surface area contributed by atoms with Crippen molar-refractivity contribution in [1.29, 1.82) is 0 Å². The number of benzene rings is 2. The van der Waals surface area contributed by atoms with E-state index in [4.69, 9.17) is 18.9 Å². The molecule has 0 saturated heterocycles. The smallest absolute Gasteiger partial charge is 0.334 e. The Hall–Kier alpha value is -2.70. The van der Waals surface area contributed by atoms with Gasteiger partial charge in [-0.25, -0.2) is 9.59 Å². The highest BCUT2D eigenvalue weighted by atomic mass is 16.6. The molecule has 0 aliphatic rings. The molecule has 6 nitrogen and oxygen atoms in total. The summed E-state index contributed by atoms with van der Waals surface area (Å²) in [5.74, 6) is -0.623. The van der Waals surface area contributed by atoms with Gasteiger partial charge in [0, 0.05) is 0 Å². The summed E-state index contributed by atoms with van der Waals surface area (Å²) >= 11 is 0. The monoisotopic (exact) mass is 416 g/mol. The SMILES string of the molecule is CCOC(=O)C(C)OCc1ccccc1.CCOC(=O)[C@@H](C)OCc1ccccc1. The van der Waals surface area contributed by atoms with Gasteiger partial charge < -0.3 is 18.9 Å². The predicted molar refractivity (Wildman–Crippen MR) is 115 cm³/mol. The average Bonchev–Trinajstić information content (AvgIpc) is 2.78. The molecule has 1 unspecified atom stereocenters. The highest BCUT2D eigenvalue weighted by Gasteiger charge is 2.14. The first-order valence-corrected chi connectivity index (χ1v) is 10.1. The third-order valence-corrected chi connectivity index (χ3v) is 3.92. The van der Waals surface area contributed by atoms with Crippen molar-refractivity contribution in [3.8, 4) is 0 Å². The van der Waals surface area contributed by atoms with E-state index in [1.54, 1.807) is 27.7 Å². The van der Waals surface area contributed by atoms with Crippen molar-refractivity contribution in [2.75, 3.05) is 13.2 Å². The molecule has 0 aliphatic heterocycles. The second-order valence-corrected chi connectivity index (χ2v) is 6.38. The second kappa shape index (κ2) is 15.2. The van der Waals surface area contributed by atoms with Crippen LogP contribution in [-0.2, 0) is 41.8 Å². The molecule has 0 aliphatic carbocycles. The van der Waals surface area contributed by atoms with Crippen molar-refractivity contribution < 1.29 is 28.5 Å². The van der Waals surface area contributed by atoms with E-state index in [0.29, 0.717) is 26.4 Å². The number of carbonyl (C=O) groups is 2. The van der Waals surface area contributed by atoms with Crippen LogP contribution in [0, 0.1) is 0 Å². The van der Waals surface area contributed by atoms with Gasteiger partial charge in [-0.15, -0.1) is 0 Å². The topological polar surface area (TPSA) is 71.1 Å². The minimum Gasteiger partial charge on any atom is -0.464 e. The van der Waals surface area contributed by atoms with E-state index in [0.717, 1.165) is 11.1 Å². The zero-order valence-corrected chi connectivity index (χ0v) is 18.2. The van der Waals surface area contributed by atoms with Crippen molar-refractivity contribution in [2.24, 2.45) is 0 Å². The zero-order chi connectivity index (χ0) is 22.2. The van der Waals surface area contributed by atoms with Crippen LogP contribution in [0.4, 0.5) is 0 Å². The molecule has 0 radical (unpaired) electrons. The zero-order valence-electron chi connectivity index (χ0n) is 18.2. The Kier molecular flexibility index (Phi) is 12.8. The minimum atomic E-state index is -0.509. The van der Waals surface area contributed by atoms with Crippen molar-refractivity contribution in [3.63, 3.8) is 0 Å². The first-order chi connectivity index (χ1) is 14.5. The lowest BCUT2D eigenvalue weighted by Gasteiger charge is -2.11. The Labute approximate surface area is 179 Å². The van der Waals surface area contributed by atoms with Crippen LogP contribution in [-0.4, -0.2) is 37.4 Å². The molecule has 30 heavy (non-hydrogen) atoms. The predicted octanol–water partition coefficient (Wildman–Crippen LogP) is 4.31. The Balaban J connectivity index is 0.000000300. The number of hydrogen-bond donors (Lipinski definition) is 0. The third-order valence-electron chi connectivity index (χ3n) is 3.92. The average molecular weight is 417 g/mol. The molecule has 0 heterocycles. The largest absolute Gasteiger partial charge is 0.464 e. The van der Waals surface area contributed by atoms with Gasteiger partial charge >= 0.3 is 11.9 Å². The van der Waals surface area contributed by atoms with Gasteiger partial charge in [0.05, 0.1) is 26.4 Å². The standard InChI is InChI=1S/2C12H16O3/c2*1-3-14-12(13)10(2)15-9-11-7-5-4-6-8-11/h2*4-8,10H,3,9H2,1-2H3/t10-;/m1./s1. The molecule has 0 fully saturated rings. The van der Waals surface area contributed by atoms with Crippen LogP contribution in [0.2, 0.25) is 0 Å². The van der Waals surface area contributed by atoms with Crippen LogP contribution in [0.25, 0.3) is 0 Å². The molecule has 2 rings (SSSR count). The Bertz CT molecular complexity index is 653. The van der Waals surface area contributed by atoms with Crippen LogP contribution in [0.5, 0.6) is 0 Å². The molecule has 0 saturated carbocycles. The molecule has 0 aromatic heterocycles. The lowest BCUT2D eigenvalue weighted by molar-refractivity contribution is -0.156. The molecular weight excluding hydrogens is 384 g/mol. The summed E-state index contributed by atoms with van der Waals surface area (Å²) in [7, 11) is 0. The van der Waals surface area contributed by atoms with E-state index >= 15 is 0 Å². The normalized spacial score (nSPS) is 12.1. The van der Waals surface area contributed by atoms with Crippen LogP contribution in [0.3, 0.4) is 0 Å². The van der Waals surface area contributed by atoms with Crippen molar-refractivity contribution in [2.45, 2.75) is 53.1 Å². The highest BCUT2D eigenvalue weighted by Crippen LogP contribution is 2.05. The van der Waals surface area contributed by atoms with E-state index in [1.165, 1.54) is 0 Å². The summed E-state index contributed by atoms with van der Waals surface area (Å²) in [4.78, 5) is 22.4. The van der Waals surface area contributed by atoms with Gasteiger partial charge in [0.2, 0.25) is 0 Å². The molecule has 0 N–H and O–H groups in total. The molecule has 0 bridgehead atoms. The third kappa shape index (κ3) is 10.7. The Morgan fingerprint density at radius 1 is 0.667 bits per heavy atom. The quantitative estimate of drug-likeness (QED) is 0.538. The summed E-state index contributed by atoms with van der Waals surface area (Å²) in [5, 5.41) is 0. The van der Waals surface area contributed by atoms with Crippen LogP contribution >= 0.6 is 0 Å². The highest BCUT2D eigenvalue weighted by molar-refractivity contribution is 5.74. The molecule has 2 aromatic carbocycles. The van der Waals surface area contributed by atoms with Gasteiger partial charge in [-0.1, -0.05) is 60.7 Å². The number of esters is 2. The maximum Gasteiger partial charge on any atom is 0.334 e. The molecule has 164 valence electrons. The molecular formula is C24H32O6. The molecule has 2 atom stereocenters. The van der Waals surface area contributed by atoms with E-state index in [1.807, 2.05) is 60.7 Å². The number of carbonyl (C=O) groups excluding carboxylic acids is 2. The van der Waals surface area contributed by atoms with Gasteiger partial charge in [-0.2, -0.15) is 0 Å². The van der Waals surface area contributed by atoms with Gasteiger partial charge in [-0.3, -0.25) is 0 Å². The van der Waals surface area contributed by atoms with Crippen LogP contribution in [0.1, 0.15) is 38.8 Å². The maximum atomic E-state index is 11.2. The fourth-order valence-corrected chi connectivity index (χ4v) is 2.25. The lowest BCUT2D eigenvalue weighted by atomic mass is 10.2. The number of ether oxygens (including phenoxy) is 4. The first kappa shape index (κ1) is 25.3. The summed E-state index contributed by atoms with van der Waals surface area (Å²) in [6.07, 6.45) is -1.02. The number of hydrogen-bond acceptors (Lipinski definition) is 6. The van der Waals surface area contributed by atoms with E-state index in [9.17, 15) is 9.59 Å². The van der Waals surface area contributed by atoms with Gasteiger partial charge in [-0.05, 0) is 38.8 Å². The maximum absolute atomic E-state index is 11.2. The Morgan fingerprint density at radius 3 is 1.30 bits per heavy atom. The van der Waals surface area contributed by atoms with E-state index in [-0.39, 0.29) is 11.9 Å². The van der Waals surface area contributed by atoms with E-state index in [2.05, 4.69) is 0 Å². The van der Waals surface area contributed by atoms with Gasteiger partial charge in [0.1, 0.15) is 0 Å². The van der Waals surface area contributed by atoms with E-state index < -0.39 is 12.2 Å². The van der Waals surface area contributed by atoms with Crippen LogP contribution in [0.15, 0.2) is 60.7 Å². The summed E-state index contributed by atoms with van der Waals surface area (Å²) < 4.78 is 20.4. The van der Waals surface area contributed by atoms with Crippen molar-refractivity contribution >= 4 is 11.9 Å². The summed E-state index contributed by atoms with van der Waals surface area (Å²) in [6.45, 7) is 8.59. The fraction of sp³-hybridized carbons (Fsp3) is 0.417. The number of rotatable bonds is 10. The molecule has 0 amide bonds. The molecule has 0 spiro atoms. The lowest BCUT2D eigenvalue weighted by Crippen LogP contribution is -2.23. The second-order valence-electron chi connectivity index (χ2n) is 6.38. The fourth-order valence-electron chi connectivity index (χ4n) is 2.25.